The Balaban J connectivity index is 1.91. The molecule has 1 aliphatic heterocycles. The molecule has 1 saturated heterocycles. The van der Waals surface area contributed by atoms with Gasteiger partial charge in [0.25, 0.3) is 0 Å². The van der Waals surface area contributed by atoms with E-state index in [-0.39, 0.29) is 18.5 Å². The summed E-state index contributed by atoms with van der Waals surface area (Å²) in [5.41, 5.74) is 0. The maximum Gasteiger partial charge on any atom is 0.305 e. The second kappa shape index (κ2) is 64.9. The fraction of sp³-hybridized carbons (Fsp3) is 0.842. The number of hydrogen-bond donors (Lipinski definition) is 6. The molecule has 1 aliphatic rings. The van der Waals surface area contributed by atoms with Crippen molar-refractivity contribution in [2.24, 2.45) is 0 Å². The minimum absolute atomic E-state index is 0.00480. The summed E-state index contributed by atoms with van der Waals surface area (Å²) in [6.45, 7) is 4.30. The Labute approximate surface area is 535 Å². The van der Waals surface area contributed by atoms with E-state index in [1.165, 1.54) is 250 Å². The molecule has 6 N–H and O–H groups in total. The maximum atomic E-state index is 13.0. The van der Waals surface area contributed by atoms with E-state index in [0.29, 0.717) is 19.4 Å². The monoisotopic (exact) mass is 1230 g/mol. The van der Waals surface area contributed by atoms with Crippen molar-refractivity contribution in [2.75, 3.05) is 19.8 Å². The van der Waals surface area contributed by atoms with Crippen LogP contribution in [0.5, 0.6) is 0 Å². The molecule has 0 bridgehead atoms. The van der Waals surface area contributed by atoms with Gasteiger partial charge in [-0.2, -0.15) is 0 Å². The molecule has 11 heteroatoms. The zero-order chi connectivity index (χ0) is 63.0. The van der Waals surface area contributed by atoms with Gasteiger partial charge >= 0.3 is 5.97 Å². The number of aliphatic hydroxyl groups is 5. The number of rotatable bonds is 65. The second-order valence-electron chi connectivity index (χ2n) is 25.6. The summed E-state index contributed by atoms with van der Waals surface area (Å²) in [5.74, 6) is -0.185. The second-order valence-corrected chi connectivity index (χ2v) is 25.6. The lowest BCUT2D eigenvalue weighted by atomic mass is 9.99. The van der Waals surface area contributed by atoms with Crippen LogP contribution in [0.2, 0.25) is 0 Å². The SMILES string of the molecule is CCCC/C=C\C/C=C\CCCCCCCC(=O)OCCCCCCCCCCCCC/C=C\C/C=C\CCCCCCCCCCCCCCCCCCCC(=O)NC(COC1OC(CO)C(O)C(O)C1O)C(O)/C=C/CCCCCCCCCC. The molecule has 1 rings (SSSR count). The summed E-state index contributed by atoms with van der Waals surface area (Å²) in [7, 11) is 0. The largest absolute Gasteiger partial charge is 0.466 e. The Morgan fingerprint density at radius 1 is 0.425 bits per heavy atom. The Morgan fingerprint density at radius 2 is 0.782 bits per heavy atom. The first-order chi connectivity index (χ1) is 42.7. The molecule has 508 valence electrons. The molecule has 0 spiro atoms. The molecule has 0 aliphatic carbocycles. The average molecular weight is 1230 g/mol. The minimum Gasteiger partial charge on any atom is -0.466 e. The molecule has 0 aromatic heterocycles. The molecule has 1 amide bonds. The van der Waals surface area contributed by atoms with Crippen LogP contribution in [-0.2, 0) is 23.8 Å². The van der Waals surface area contributed by atoms with Gasteiger partial charge in [0.1, 0.15) is 24.4 Å². The van der Waals surface area contributed by atoms with E-state index in [1.807, 2.05) is 6.08 Å². The third-order valence-electron chi connectivity index (χ3n) is 17.3. The number of esters is 1. The Kier molecular flexibility index (Phi) is 61.4. The summed E-state index contributed by atoms with van der Waals surface area (Å²) < 4.78 is 16.7. The van der Waals surface area contributed by atoms with Crippen LogP contribution in [0.4, 0.5) is 0 Å². The highest BCUT2D eigenvalue weighted by Crippen LogP contribution is 2.23. The number of carbonyl (C=O) groups is 2. The maximum absolute atomic E-state index is 13.0. The highest BCUT2D eigenvalue weighted by Gasteiger charge is 2.44. The van der Waals surface area contributed by atoms with Crippen LogP contribution in [0.3, 0.4) is 0 Å². The lowest BCUT2D eigenvalue weighted by molar-refractivity contribution is -0.302. The number of unbranched alkanes of at least 4 members (excludes halogenated alkanes) is 43. The van der Waals surface area contributed by atoms with E-state index < -0.39 is 49.5 Å². The predicted octanol–water partition coefficient (Wildman–Crippen LogP) is 19.3. The lowest BCUT2D eigenvalue weighted by Crippen LogP contribution is -2.60. The molecular weight excluding hydrogens is 1090 g/mol. The first-order valence-electron chi connectivity index (χ1n) is 37.1. The van der Waals surface area contributed by atoms with Gasteiger partial charge in [0.15, 0.2) is 6.29 Å². The van der Waals surface area contributed by atoms with Crippen LogP contribution >= 0.6 is 0 Å². The van der Waals surface area contributed by atoms with E-state index in [1.54, 1.807) is 6.08 Å². The number of hydrogen-bond acceptors (Lipinski definition) is 10. The first kappa shape index (κ1) is 82.4. The van der Waals surface area contributed by atoms with E-state index in [2.05, 4.69) is 67.8 Å². The lowest BCUT2D eigenvalue weighted by Gasteiger charge is -2.40. The third-order valence-corrected chi connectivity index (χ3v) is 17.3. The molecule has 1 fully saturated rings. The fourth-order valence-corrected chi connectivity index (χ4v) is 11.5. The number of nitrogens with one attached hydrogen (secondary N) is 1. The van der Waals surface area contributed by atoms with Gasteiger partial charge in [0, 0.05) is 12.8 Å². The van der Waals surface area contributed by atoms with Crippen LogP contribution < -0.4 is 5.32 Å². The van der Waals surface area contributed by atoms with Gasteiger partial charge < -0.3 is 45.1 Å². The summed E-state index contributed by atoms with van der Waals surface area (Å²) in [5, 5.41) is 54.4. The van der Waals surface area contributed by atoms with Crippen LogP contribution in [0.25, 0.3) is 0 Å². The van der Waals surface area contributed by atoms with E-state index >= 15 is 0 Å². The quantitative estimate of drug-likeness (QED) is 0.0195. The number of aliphatic hydroxyl groups excluding tert-OH is 5. The minimum atomic E-state index is -1.57. The third kappa shape index (κ3) is 53.7. The molecule has 0 saturated carbocycles. The Hall–Kier alpha value is -2.64. The van der Waals surface area contributed by atoms with Gasteiger partial charge in [-0.15, -0.1) is 0 Å². The molecule has 7 atom stereocenters. The first-order valence-corrected chi connectivity index (χ1v) is 37.1. The van der Waals surface area contributed by atoms with Crippen molar-refractivity contribution in [1.29, 1.82) is 0 Å². The molecule has 1 heterocycles. The number of ether oxygens (including phenoxy) is 3. The van der Waals surface area contributed by atoms with E-state index in [9.17, 15) is 35.1 Å². The smallest absolute Gasteiger partial charge is 0.305 e. The standard InChI is InChI=1S/C76H139NO10/c1-3-5-7-9-11-13-15-16-41-44-48-52-56-60-64-72(81)85-65-61-57-53-49-45-42-39-37-35-33-31-29-27-25-23-21-19-17-18-20-22-24-26-28-30-32-34-36-38-40-43-47-51-55-59-63-71(80)77-68(67-86-76-75(84)74(83)73(82)70(66-78)87-76)69(79)62-58-54-50-46-14-12-10-8-6-4-2/h9,11,15-16,19,21,25,27,58,62,68-70,73-76,78-79,82-84H,3-8,10,12-14,17-18,20,22-24,26,28-57,59-61,63-67H2,1-2H3,(H,77,80)/b11-9-,16-15-,21-19-,27-25-,62-58+. The molecule has 0 aromatic carbocycles. The molecule has 0 radical (unpaired) electrons. The molecule has 87 heavy (non-hydrogen) atoms. The predicted molar refractivity (Wildman–Crippen MR) is 366 cm³/mol. The number of amides is 1. The van der Waals surface area contributed by atoms with Crippen molar-refractivity contribution in [3.63, 3.8) is 0 Å². The number of allylic oxidation sites excluding steroid dienone is 9. The van der Waals surface area contributed by atoms with Gasteiger partial charge in [-0.05, 0) is 89.9 Å². The molecule has 0 aromatic rings. The average Bonchev–Trinajstić information content (AvgIpc) is 3.18. The van der Waals surface area contributed by atoms with Gasteiger partial charge in [-0.25, -0.2) is 0 Å². The highest BCUT2D eigenvalue weighted by atomic mass is 16.7. The van der Waals surface area contributed by atoms with E-state index in [0.717, 1.165) is 70.6 Å². The highest BCUT2D eigenvalue weighted by molar-refractivity contribution is 5.76. The van der Waals surface area contributed by atoms with Crippen molar-refractivity contribution in [3.8, 4) is 0 Å². The van der Waals surface area contributed by atoms with Crippen molar-refractivity contribution in [3.05, 3.63) is 60.8 Å². The van der Waals surface area contributed by atoms with Gasteiger partial charge in [-0.1, -0.05) is 306 Å². The summed E-state index contributed by atoms with van der Waals surface area (Å²) >= 11 is 0. The normalized spacial score (nSPS) is 18.2. The zero-order valence-corrected chi connectivity index (χ0v) is 56.5. The Bertz CT molecular complexity index is 1630. The van der Waals surface area contributed by atoms with Crippen LogP contribution in [-0.4, -0.2) is 100 Å². The van der Waals surface area contributed by atoms with Gasteiger partial charge in [0.2, 0.25) is 5.91 Å². The van der Waals surface area contributed by atoms with Crippen molar-refractivity contribution >= 4 is 11.9 Å². The topological polar surface area (TPSA) is 175 Å². The molecule has 11 nitrogen and oxygen atoms in total. The van der Waals surface area contributed by atoms with Crippen molar-refractivity contribution in [1.82, 2.24) is 5.32 Å². The molecule has 7 unspecified atom stereocenters. The van der Waals surface area contributed by atoms with E-state index in [4.69, 9.17) is 14.2 Å². The zero-order valence-electron chi connectivity index (χ0n) is 56.5. The van der Waals surface area contributed by atoms with Crippen LogP contribution in [0, 0.1) is 0 Å². The van der Waals surface area contributed by atoms with Gasteiger partial charge in [0.05, 0.1) is 32.0 Å². The summed E-state index contributed by atoms with van der Waals surface area (Å²) in [6.07, 6.45) is 76.7. The fourth-order valence-electron chi connectivity index (χ4n) is 11.5. The summed E-state index contributed by atoms with van der Waals surface area (Å²) in [4.78, 5) is 25.1. The van der Waals surface area contributed by atoms with Crippen molar-refractivity contribution in [2.45, 2.75) is 391 Å². The number of carbonyl (C=O) groups excluding carboxylic acids is 2. The summed E-state index contributed by atoms with van der Waals surface area (Å²) in [6, 6.07) is -0.808. The Morgan fingerprint density at radius 3 is 1.20 bits per heavy atom. The van der Waals surface area contributed by atoms with Gasteiger partial charge in [-0.3, -0.25) is 9.59 Å². The van der Waals surface area contributed by atoms with Crippen LogP contribution in [0.15, 0.2) is 60.8 Å². The van der Waals surface area contributed by atoms with Crippen molar-refractivity contribution < 1.29 is 49.3 Å². The molecular formula is C76H139NO10. The van der Waals surface area contributed by atoms with Crippen LogP contribution in [0.1, 0.15) is 348 Å².